The molecular weight excluding hydrogens is 505 g/mol. The first kappa shape index (κ1) is 25.0. The molecule has 0 aliphatic carbocycles. The van der Waals surface area contributed by atoms with E-state index in [4.69, 9.17) is 27.9 Å². The average molecular weight is 532 g/mol. The minimum atomic E-state index is -0.172. The van der Waals surface area contributed by atoms with E-state index in [1.807, 2.05) is 30.3 Å². The summed E-state index contributed by atoms with van der Waals surface area (Å²) in [6.45, 7) is 5.57. The Kier molecular flexibility index (Phi) is 7.00. The number of ether oxygens (including phenoxy) is 1. The second-order valence-electron chi connectivity index (χ2n) is 9.24. The summed E-state index contributed by atoms with van der Waals surface area (Å²) < 4.78 is 5.19. The Morgan fingerprint density at radius 1 is 1.03 bits per heavy atom. The quantitative estimate of drug-likeness (QED) is 0.267. The van der Waals surface area contributed by atoms with Gasteiger partial charge in [-0.3, -0.25) is 4.79 Å². The van der Waals surface area contributed by atoms with E-state index in [0.29, 0.717) is 27.9 Å². The van der Waals surface area contributed by atoms with E-state index in [1.54, 1.807) is 31.4 Å². The van der Waals surface area contributed by atoms with Crippen LogP contribution in [0, 0.1) is 13.8 Å². The molecule has 0 saturated heterocycles. The van der Waals surface area contributed by atoms with Crippen LogP contribution in [0.2, 0.25) is 10.0 Å². The molecule has 2 heterocycles. The number of benzene rings is 3. The summed E-state index contributed by atoms with van der Waals surface area (Å²) in [5.74, 6) is 0.537. The fourth-order valence-corrected chi connectivity index (χ4v) is 4.99. The highest BCUT2D eigenvalue weighted by atomic mass is 35.5. The molecule has 0 unspecified atom stereocenters. The van der Waals surface area contributed by atoms with Crippen molar-refractivity contribution in [3.05, 3.63) is 110 Å². The van der Waals surface area contributed by atoms with Gasteiger partial charge in [0.05, 0.1) is 17.2 Å². The molecule has 0 spiro atoms. The molecule has 1 aromatic heterocycles. The lowest BCUT2D eigenvalue weighted by atomic mass is 10.0. The zero-order valence-electron chi connectivity index (χ0n) is 20.9. The van der Waals surface area contributed by atoms with E-state index in [-0.39, 0.29) is 5.91 Å². The zero-order valence-corrected chi connectivity index (χ0v) is 22.4. The number of hydrogen-bond donors (Lipinski definition) is 2. The summed E-state index contributed by atoms with van der Waals surface area (Å²) in [7, 11) is 1.60. The number of fused-ring (bicyclic) bond motifs is 1. The van der Waals surface area contributed by atoms with E-state index in [2.05, 4.69) is 47.3 Å². The predicted molar refractivity (Wildman–Crippen MR) is 153 cm³/mol. The SMILES string of the molecule is COc1ccc(C(=O)Nc2ccc3c(c2)C(=Cc2[nH]c(C)cc2C)CN3Cc2ccc(Cl)c(Cl)c2)cc1. The number of aromatic amines is 1. The van der Waals surface area contributed by atoms with Crippen molar-refractivity contribution in [3.63, 3.8) is 0 Å². The third kappa shape index (κ3) is 5.38. The van der Waals surface area contributed by atoms with Crippen molar-refractivity contribution < 1.29 is 9.53 Å². The second-order valence-corrected chi connectivity index (χ2v) is 10.1. The van der Waals surface area contributed by atoms with E-state index in [0.717, 1.165) is 40.4 Å². The third-order valence-corrected chi connectivity index (χ3v) is 7.26. The number of nitrogens with zero attached hydrogens (tertiary/aromatic N) is 1. The number of halogens is 2. The van der Waals surface area contributed by atoms with Crippen LogP contribution in [0.25, 0.3) is 11.6 Å². The summed E-state index contributed by atoms with van der Waals surface area (Å²) in [4.78, 5) is 18.7. The van der Waals surface area contributed by atoms with Gasteiger partial charge in [-0.2, -0.15) is 0 Å². The van der Waals surface area contributed by atoms with Gasteiger partial charge in [-0.05, 0) is 97.3 Å². The van der Waals surface area contributed by atoms with Crippen molar-refractivity contribution in [1.82, 2.24) is 4.98 Å². The van der Waals surface area contributed by atoms with Gasteiger partial charge >= 0.3 is 0 Å². The van der Waals surface area contributed by atoms with E-state index < -0.39 is 0 Å². The normalized spacial score (nSPS) is 13.6. The molecule has 7 heteroatoms. The molecule has 5 rings (SSSR count). The van der Waals surface area contributed by atoms with Crippen LogP contribution in [-0.2, 0) is 6.54 Å². The molecule has 0 saturated carbocycles. The van der Waals surface area contributed by atoms with Gasteiger partial charge in [-0.15, -0.1) is 0 Å². The Labute approximate surface area is 226 Å². The largest absolute Gasteiger partial charge is 0.497 e. The zero-order chi connectivity index (χ0) is 26.1. The first-order chi connectivity index (χ1) is 17.8. The maximum absolute atomic E-state index is 12.9. The number of hydrogen-bond acceptors (Lipinski definition) is 3. The summed E-state index contributed by atoms with van der Waals surface area (Å²) in [5.41, 5.74) is 9.12. The molecule has 0 bridgehead atoms. The molecule has 1 aliphatic heterocycles. The smallest absolute Gasteiger partial charge is 0.255 e. The number of H-pyrrole nitrogens is 1. The first-order valence-electron chi connectivity index (χ1n) is 12.0. The summed E-state index contributed by atoms with van der Waals surface area (Å²) >= 11 is 12.4. The van der Waals surface area contributed by atoms with Gasteiger partial charge in [0.1, 0.15) is 5.75 Å². The Hall–Kier alpha value is -3.67. The van der Waals surface area contributed by atoms with Gasteiger partial charge in [-0.1, -0.05) is 29.3 Å². The molecule has 5 nitrogen and oxygen atoms in total. The topological polar surface area (TPSA) is 57.4 Å². The van der Waals surface area contributed by atoms with Crippen LogP contribution in [0.3, 0.4) is 0 Å². The average Bonchev–Trinajstić information content (AvgIpc) is 3.39. The Balaban J connectivity index is 1.47. The van der Waals surface area contributed by atoms with Crippen molar-refractivity contribution in [2.24, 2.45) is 0 Å². The number of anilines is 2. The monoisotopic (exact) mass is 531 g/mol. The summed E-state index contributed by atoms with van der Waals surface area (Å²) in [6.07, 6.45) is 2.20. The van der Waals surface area contributed by atoms with E-state index in [9.17, 15) is 4.79 Å². The minimum Gasteiger partial charge on any atom is -0.497 e. The highest BCUT2D eigenvalue weighted by Crippen LogP contribution is 2.40. The molecule has 0 fully saturated rings. The number of aromatic nitrogens is 1. The van der Waals surface area contributed by atoms with E-state index >= 15 is 0 Å². The fourth-order valence-electron chi connectivity index (χ4n) is 4.66. The van der Waals surface area contributed by atoms with Crippen molar-refractivity contribution in [2.75, 3.05) is 23.9 Å². The van der Waals surface area contributed by atoms with Gasteiger partial charge in [0.2, 0.25) is 0 Å². The van der Waals surface area contributed by atoms with Crippen LogP contribution in [-0.4, -0.2) is 24.5 Å². The highest BCUT2D eigenvalue weighted by Gasteiger charge is 2.25. The van der Waals surface area contributed by atoms with E-state index in [1.165, 1.54) is 11.1 Å². The maximum Gasteiger partial charge on any atom is 0.255 e. The highest BCUT2D eigenvalue weighted by molar-refractivity contribution is 6.42. The van der Waals surface area contributed by atoms with Crippen molar-refractivity contribution >= 4 is 52.1 Å². The third-order valence-electron chi connectivity index (χ3n) is 6.52. The number of methoxy groups -OCH3 is 1. The lowest BCUT2D eigenvalue weighted by molar-refractivity contribution is 0.102. The Bertz CT molecular complexity index is 1510. The lowest BCUT2D eigenvalue weighted by Crippen LogP contribution is -2.19. The van der Waals surface area contributed by atoms with Crippen LogP contribution >= 0.6 is 23.2 Å². The number of carbonyl (C=O) groups excluding carboxylic acids is 1. The number of amides is 1. The number of rotatable bonds is 6. The predicted octanol–water partition coefficient (Wildman–Crippen LogP) is 7.76. The summed E-state index contributed by atoms with van der Waals surface area (Å²) in [5, 5.41) is 4.13. The van der Waals surface area contributed by atoms with Crippen molar-refractivity contribution in [2.45, 2.75) is 20.4 Å². The summed E-state index contributed by atoms with van der Waals surface area (Å²) in [6, 6.07) is 21.0. The standard InChI is InChI=1S/C30H27Cl2N3O2/c1-18-12-19(2)33-28(18)14-22-17-35(16-20-4-10-26(31)27(32)13-20)29-11-7-23(15-25(22)29)34-30(36)21-5-8-24(37-3)9-6-21/h4-15,33H,16-17H2,1-3H3,(H,34,36). The van der Waals surface area contributed by atoms with Gasteiger partial charge in [0.25, 0.3) is 5.91 Å². The number of carbonyl (C=O) groups is 1. The van der Waals surface area contributed by atoms with Gasteiger partial charge < -0.3 is 19.9 Å². The Morgan fingerprint density at radius 3 is 2.49 bits per heavy atom. The molecule has 3 aromatic carbocycles. The molecule has 2 N–H and O–H groups in total. The number of nitrogens with one attached hydrogen (secondary N) is 2. The molecule has 0 atom stereocenters. The van der Waals surface area contributed by atoms with Crippen LogP contribution in [0.15, 0.2) is 66.7 Å². The van der Waals surface area contributed by atoms with Crippen LogP contribution in [0.1, 0.15) is 38.4 Å². The van der Waals surface area contributed by atoms with Crippen molar-refractivity contribution in [3.8, 4) is 5.75 Å². The Morgan fingerprint density at radius 2 is 1.81 bits per heavy atom. The molecule has 1 aliphatic rings. The maximum atomic E-state index is 12.9. The molecule has 1 amide bonds. The molecule has 37 heavy (non-hydrogen) atoms. The van der Waals surface area contributed by atoms with Gasteiger partial charge in [0, 0.05) is 47.0 Å². The fraction of sp³-hybridized carbons (Fsp3) is 0.167. The van der Waals surface area contributed by atoms with Gasteiger partial charge in [-0.25, -0.2) is 0 Å². The molecule has 0 radical (unpaired) electrons. The molecule has 4 aromatic rings. The second kappa shape index (κ2) is 10.4. The molecule has 188 valence electrons. The van der Waals surface area contributed by atoms with Gasteiger partial charge in [0.15, 0.2) is 0 Å². The van der Waals surface area contributed by atoms with Crippen molar-refractivity contribution in [1.29, 1.82) is 0 Å². The van der Waals surface area contributed by atoms with Crippen LogP contribution < -0.4 is 15.0 Å². The first-order valence-corrected chi connectivity index (χ1v) is 12.7. The lowest BCUT2D eigenvalue weighted by Gasteiger charge is -2.20. The number of aryl methyl sites for hydroxylation is 2. The minimum absolute atomic E-state index is 0.172. The van der Waals surface area contributed by atoms with Crippen LogP contribution in [0.5, 0.6) is 5.75 Å². The van der Waals surface area contributed by atoms with Crippen LogP contribution in [0.4, 0.5) is 11.4 Å². The molecular formula is C30H27Cl2N3O2.